The van der Waals surface area contributed by atoms with Gasteiger partial charge in [-0.25, -0.2) is 9.97 Å². The van der Waals surface area contributed by atoms with Gasteiger partial charge in [0.1, 0.15) is 0 Å². The molecule has 0 saturated carbocycles. The summed E-state index contributed by atoms with van der Waals surface area (Å²) in [4.78, 5) is 22.8. The summed E-state index contributed by atoms with van der Waals surface area (Å²) in [5.74, 6) is 0.113. The van der Waals surface area contributed by atoms with Crippen molar-refractivity contribution in [3.8, 4) is 10.8 Å². The van der Waals surface area contributed by atoms with Gasteiger partial charge in [-0.2, -0.15) is 0 Å². The fraction of sp³-hybridized carbons (Fsp3) is 0. The second-order valence-corrected chi connectivity index (χ2v) is 4.29. The number of aromatic amines is 1. The van der Waals surface area contributed by atoms with Gasteiger partial charge in [-0.05, 0) is 12.1 Å². The third kappa shape index (κ3) is 1.58. The predicted octanol–water partition coefficient (Wildman–Crippen LogP) is 1.59. The van der Waals surface area contributed by atoms with Crippen molar-refractivity contribution in [2.45, 2.75) is 0 Å². The Kier molecular flexibility index (Phi) is 2.15. The Morgan fingerprint density at radius 3 is 3.12 bits per heavy atom. The van der Waals surface area contributed by atoms with Crippen molar-refractivity contribution in [3.63, 3.8) is 0 Å². The summed E-state index contributed by atoms with van der Waals surface area (Å²) in [5, 5.41) is 2.64. The van der Waals surface area contributed by atoms with Crippen LogP contribution in [0.2, 0.25) is 0 Å². The molecule has 17 heavy (non-hydrogen) atoms. The van der Waals surface area contributed by atoms with E-state index in [1.165, 1.54) is 11.3 Å². The second-order valence-electron chi connectivity index (χ2n) is 3.40. The van der Waals surface area contributed by atoms with E-state index in [-0.39, 0.29) is 0 Å². The van der Waals surface area contributed by atoms with E-state index in [0.29, 0.717) is 22.4 Å². The fourth-order valence-corrected chi connectivity index (χ4v) is 2.19. The van der Waals surface area contributed by atoms with Crippen molar-refractivity contribution in [2.24, 2.45) is 5.73 Å². The largest absolute Gasteiger partial charge is 0.366 e. The number of carbonyl (C=O) groups excluding carboxylic acids is 1. The van der Waals surface area contributed by atoms with Gasteiger partial charge >= 0.3 is 0 Å². The molecule has 2 heterocycles. The van der Waals surface area contributed by atoms with E-state index in [2.05, 4.69) is 21.0 Å². The van der Waals surface area contributed by atoms with Crippen molar-refractivity contribution >= 4 is 28.3 Å². The van der Waals surface area contributed by atoms with Crippen molar-refractivity contribution in [1.82, 2.24) is 15.0 Å². The lowest BCUT2D eigenvalue weighted by molar-refractivity contribution is 0.100. The molecule has 1 amide bonds. The molecule has 1 aromatic carbocycles. The molecule has 0 fully saturated rings. The van der Waals surface area contributed by atoms with E-state index >= 15 is 0 Å². The van der Waals surface area contributed by atoms with Crippen molar-refractivity contribution in [2.75, 3.05) is 0 Å². The first kappa shape index (κ1) is 9.98. The van der Waals surface area contributed by atoms with Crippen LogP contribution in [0.4, 0.5) is 0 Å². The summed E-state index contributed by atoms with van der Waals surface area (Å²) < 4.78 is 0. The van der Waals surface area contributed by atoms with Crippen LogP contribution in [-0.4, -0.2) is 20.9 Å². The molecule has 5 nitrogen and oxygen atoms in total. The molecular formula is C11H7N4OS. The van der Waals surface area contributed by atoms with Crippen LogP contribution in [0.1, 0.15) is 10.4 Å². The van der Waals surface area contributed by atoms with Gasteiger partial charge in [-0.15, -0.1) is 11.3 Å². The van der Waals surface area contributed by atoms with Crippen LogP contribution in [-0.2, 0) is 0 Å². The Labute approximate surface area is 100 Å². The Morgan fingerprint density at radius 1 is 1.53 bits per heavy atom. The molecule has 0 aliphatic rings. The van der Waals surface area contributed by atoms with Gasteiger partial charge < -0.3 is 10.7 Å². The lowest BCUT2D eigenvalue weighted by Crippen LogP contribution is -2.11. The highest BCUT2D eigenvalue weighted by molar-refractivity contribution is 7.13. The summed E-state index contributed by atoms with van der Waals surface area (Å²) in [6.07, 6.45) is 1.70. The molecule has 0 aliphatic carbocycles. The number of nitrogens with zero attached hydrogens (tertiary/aromatic N) is 2. The highest BCUT2D eigenvalue weighted by Crippen LogP contribution is 2.23. The molecule has 0 aliphatic heterocycles. The normalized spacial score (nSPS) is 10.8. The Morgan fingerprint density at radius 2 is 2.41 bits per heavy atom. The number of hydrogen-bond donors (Lipinski definition) is 2. The van der Waals surface area contributed by atoms with E-state index < -0.39 is 5.91 Å². The summed E-state index contributed by atoms with van der Waals surface area (Å²) >= 11 is 1.47. The number of nitrogens with one attached hydrogen (secondary N) is 1. The quantitative estimate of drug-likeness (QED) is 0.716. The van der Waals surface area contributed by atoms with Crippen molar-refractivity contribution in [3.05, 3.63) is 35.3 Å². The van der Waals surface area contributed by atoms with Gasteiger partial charge in [0.15, 0.2) is 10.8 Å². The Bertz CT molecular complexity index is 687. The first-order chi connectivity index (χ1) is 8.25. The number of benzene rings is 1. The minimum Gasteiger partial charge on any atom is -0.366 e. The number of amides is 1. The molecule has 0 bridgehead atoms. The lowest BCUT2D eigenvalue weighted by atomic mass is 10.2. The highest BCUT2D eigenvalue weighted by atomic mass is 32.1. The maximum atomic E-state index is 11.2. The first-order valence-corrected chi connectivity index (χ1v) is 5.74. The number of hydrogen-bond acceptors (Lipinski definition) is 4. The third-order valence-corrected chi connectivity index (χ3v) is 3.11. The van der Waals surface area contributed by atoms with Gasteiger partial charge in [0.05, 0.1) is 16.6 Å². The standard InChI is InChI=1S/C11H7N4OS/c12-9(16)6-2-1-3-7-8(6)15-10(14-7)11-13-4-5-17-11/h1,3-5H,(H2,12,16)(H,14,15). The van der Waals surface area contributed by atoms with Crippen LogP contribution in [0.25, 0.3) is 21.9 Å². The molecule has 0 spiro atoms. The average Bonchev–Trinajstić information content (AvgIpc) is 2.96. The van der Waals surface area contributed by atoms with Gasteiger partial charge in [-0.1, -0.05) is 6.07 Å². The molecule has 3 N–H and O–H groups in total. The van der Waals surface area contributed by atoms with Crippen LogP contribution >= 0.6 is 11.3 Å². The smallest absolute Gasteiger partial charge is 0.251 e. The van der Waals surface area contributed by atoms with Crippen LogP contribution in [0.5, 0.6) is 0 Å². The summed E-state index contributed by atoms with van der Waals surface area (Å²) in [6.45, 7) is 0. The van der Waals surface area contributed by atoms with E-state index in [1.807, 2.05) is 5.38 Å². The molecular weight excluding hydrogens is 236 g/mol. The maximum absolute atomic E-state index is 11.2. The van der Waals surface area contributed by atoms with Gasteiger partial charge in [-0.3, -0.25) is 4.79 Å². The van der Waals surface area contributed by atoms with Crippen molar-refractivity contribution < 1.29 is 4.79 Å². The minimum absolute atomic E-state index is 0.317. The highest BCUT2D eigenvalue weighted by Gasteiger charge is 2.12. The SMILES string of the molecule is NC(=O)c1[c]ccc2nc(-c3nccs3)[nH]c12. The Hall–Kier alpha value is -2.21. The van der Waals surface area contributed by atoms with Crippen molar-refractivity contribution in [1.29, 1.82) is 0 Å². The van der Waals surface area contributed by atoms with Gasteiger partial charge in [0.25, 0.3) is 5.91 Å². The summed E-state index contributed by atoms with van der Waals surface area (Å²) in [6, 6.07) is 6.21. The number of imidazole rings is 1. The van der Waals surface area contributed by atoms with Crippen LogP contribution in [0.3, 0.4) is 0 Å². The molecule has 83 valence electrons. The minimum atomic E-state index is -0.523. The monoisotopic (exact) mass is 243 g/mol. The third-order valence-electron chi connectivity index (χ3n) is 2.33. The van der Waals surface area contributed by atoms with Crippen LogP contribution in [0, 0.1) is 6.07 Å². The zero-order valence-electron chi connectivity index (χ0n) is 8.60. The lowest BCUT2D eigenvalue weighted by Gasteiger charge is -1.94. The number of rotatable bonds is 2. The summed E-state index contributed by atoms with van der Waals surface area (Å²) in [7, 11) is 0. The molecule has 0 unspecified atom stereocenters. The first-order valence-electron chi connectivity index (χ1n) is 4.86. The number of H-pyrrole nitrogens is 1. The maximum Gasteiger partial charge on any atom is 0.251 e. The molecule has 3 aromatic rings. The average molecular weight is 243 g/mol. The topological polar surface area (TPSA) is 84.7 Å². The number of carbonyl (C=O) groups is 1. The van der Waals surface area contributed by atoms with E-state index in [4.69, 9.17) is 5.73 Å². The van der Waals surface area contributed by atoms with E-state index in [0.717, 1.165) is 5.01 Å². The number of primary amides is 1. The second kappa shape index (κ2) is 3.67. The summed E-state index contributed by atoms with van der Waals surface area (Å²) in [5.41, 5.74) is 6.88. The zero-order chi connectivity index (χ0) is 11.8. The molecule has 2 aromatic heterocycles. The molecule has 1 radical (unpaired) electrons. The Balaban J connectivity index is 2.26. The molecule has 3 rings (SSSR count). The molecule has 0 saturated heterocycles. The van der Waals surface area contributed by atoms with Crippen LogP contribution < -0.4 is 5.73 Å². The number of nitrogens with two attached hydrogens (primary N) is 1. The molecule has 0 atom stereocenters. The zero-order valence-corrected chi connectivity index (χ0v) is 9.41. The molecule has 6 heteroatoms. The number of fused-ring (bicyclic) bond motifs is 1. The van der Waals surface area contributed by atoms with Gasteiger partial charge in [0.2, 0.25) is 0 Å². The predicted molar refractivity (Wildman–Crippen MR) is 64.6 cm³/mol. The van der Waals surface area contributed by atoms with Crippen LogP contribution in [0.15, 0.2) is 23.7 Å². The van der Waals surface area contributed by atoms with E-state index in [1.54, 1.807) is 18.3 Å². The number of thiazole rings is 1. The van der Waals surface area contributed by atoms with E-state index in [9.17, 15) is 4.79 Å². The fourth-order valence-electron chi connectivity index (χ4n) is 1.61. The number of aromatic nitrogens is 3. The van der Waals surface area contributed by atoms with Gasteiger partial charge in [0, 0.05) is 11.6 Å².